The minimum atomic E-state index is -2.19. The van der Waals surface area contributed by atoms with Crippen LogP contribution < -0.4 is 10.2 Å². The predicted octanol–water partition coefficient (Wildman–Crippen LogP) is 1.48. The summed E-state index contributed by atoms with van der Waals surface area (Å²) in [4.78, 5) is 26.3. The molecule has 2 aromatic rings. The van der Waals surface area contributed by atoms with Gasteiger partial charge in [0, 0.05) is 37.8 Å². The molecule has 1 atom stereocenters. The molecule has 0 spiro atoms. The Kier molecular flexibility index (Phi) is 4.97. The van der Waals surface area contributed by atoms with Gasteiger partial charge < -0.3 is 15.3 Å². The molecule has 9 heteroatoms. The summed E-state index contributed by atoms with van der Waals surface area (Å²) in [5.41, 5.74) is -1.51. The van der Waals surface area contributed by atoms with Gasteiger partial charge in [0.25, 0.3) is 11.8 Å². The van der Waals surface area contributed by atoms with Crippen LogP contribution in [0, 0.1) is 5.82 Å². The lowest BCUT2D eigenvalue weighted by atomic mass is 10.0. The fourth-order valence-corrected chi connectivity index (χ4v) is 3.03. The summed E-state index contributed by atoms with van der Waals surface area (Å²) in [6.45, 7) is 2.54. The van der Waals surface area contributed by atoms with Crippen molar-refractivity contribution in [2.24, 2.45) is 0 Å². The van der Waals surface area contributed by atoms with Gasteiger partial charge in [0.05, 0.1) is 16.9 Å². The second-order valence-corrected chi connectivity index (χ2v) is 6.42. The van der Waals surface area contributed by atoms with E-state index in [0.29, 0.717) is 12.2 Å². The number of aromatic nitrogens is 2. The molecule has 7 nitrogen and oxygen atoms in total. The van der Waals surface area contributed by atoms with Crippen LogP contribution in [-0.4, -0.2) is 38.8 Å². The number of nitrogens with one attached hydrogen (secondary N) is 1. The number of hydrogen-bond acceptors (Lipinski definition) is 4. The topological polar surface area (TPSA) is 87.5 Å². The Morgan fingerprint density at radius 3 is 2.96 bits per heavy atom. The van der Waals surface area contributed by atoms with Gasteiger partial charge >= 0.3 is 0 Å². The predicted molar refractivity (Wildman–Crippen MR) is 93.1 cm³/mol. The zero-order chi connectivity index (χ0) is 18.9. The third kappa shape index (κ3) is 3.17. The Morgan fingerprint density at radius 1 is 1.50 bits per heavy atom. The quantitative estimate of drug-likeness (QED) is 0.769. The maximum atomic E-state index is 13.9. The minimum absolute atomic E-state index is 0.0625. The minimum Gasteiger partial charge on any atom is -0.372 e. The maximum absolute atomic E-state index is 13.9. The number of carbonyl (C=O) groups is 2. The third-order valence-electron chi connectivity index (χ3n) is 4.40. The third-order valence-corrected chi connectivity index (χ3v) is 4.69. The first-order chi connectivity index (χ1) is 12.4. The Balaban J connectivity index is 1.70. The lowest BCUT2D eigenvalue weighted by Gasteiger charge is -2.21. The summed E-state index contributed by atoms with van der Waals surface area (Å²) < 4.78 is 15.5. The number of anilines is 1. The van der Waals surface area contributed by atoms with E-state index in [0.717, 1.165) is 0 Å². The number of rotatable bonds is 5. The highest BCUT2D eigenvalue weighted by molar-refractivity contribution is 6.30. The molecule has 0 unspecified atom stereocenters. The molecule has 2 amide bonds. The zero-order valence-electron chi connectivity index (χ0n) is 14.1. The van der Waals surface area contributed by atoms with Gasteiger partial charge in [0.1, 0.15) is 5.82 Å². The monoisotopic (exact) mass is 380 g/mol. The van der Waals surface area contributed by atoms with Gasteiger partial charge in [-0.3, -0.25) is 14.3 Å². The highest BCUT2D eigenvalue weighted by atomic mass is 35.5. The largest absolute Gasteiger partial charge is 0.372 e. The van der Waals surface area contributed by atoms with E-state index in [9.17, 15) is 19.1 Å². The first-order valence-corrected chi connectivity index (χ1v) is 8.52. The summed E-state index contributed by atoms with van der Waals surface area (Å²) in [6.07, 6.45) is 3.11. The van der Waals surface area contributed by atoms with Crippen LogP contribution in [0.15, 0.2) is 30.6 Å². The molecule has 2 N–H and O–H groups in total. The molecule has 26 heavy (non-hydrogen) atoms. The Hall–Kier alpha value is -2.45. The standard InChI is InChI=1S/C17H18ClFN4O3/c1-2-22-10-12(9-21-22)23-7-6-17(26,16(23)25)15(24)20-8-11-4-3-5-13(18)14(11)19/h3-5,9-10,26H,2,6-8H2,1H3,(H,20,24)/t17-/m0/s1. The van der Waals surface area contributed by atoms with Crippen LogP contribution in [0.1, 0.15) is 18.9 Å². The number of carbonyl (C=O) groups excluding carboxylic acids is 2. The fourth-order valence-electron chi connectivity index (χ4n) is 2.83. The number of amides is 2. The van der Waals surface area contributed by atoms with Gasteiger partial charge in [-0.25, -0.2) is 4.39 Å². The highest BCUT2D eigenvalue weighted by Crippen LogP contribution is 2.28. The van der Waals surface area contributed by atoms with Gasteiger partial charge in [-0.2, -0.15) is 5.10 Å². The normalized spacial score (nSPS) is 19.8. The Bertz CT molecular complexity index is 856. The first-order valence-electron chi connectivity index (χ1n) is 8.15. The van der Waals surface area contributed by atoms with Crippen LogP contribution in [0.2, 0.25) is 5.02 Å². The SMILES string of the molecule is CCn1cc(N2CC[C@](O)(C(=O)NCc3cccc(Cl)c3F)C2=O)cn1. The average Bonchev–Trinajstić information content (AvgIpc) is 3.22. The fraction of sp³-hybridized carbons (Fsp3) is 0.353. The maximum Gasteiger partial charge on any atom is 0.268 e. The first kappa shape index (κ1) is 18.3. The highest BCUT2D eigenvalue weighted by Gasteiger charge is 2.51. The number of aryl methyl sites for hydroxylation is 1. The number of halogens is 2. The summed E-state index contributed by atoms with van der Waals surface area (Å²) >= 11 is 5.70. The van der Waals surface area contributed by atoms with Crippen LogP contribution in [0.25, 0.3) is 0 Å². The zero-order valence-corrected chi connectivity index (χ0v) is 14.8. The van der Waals surface area contributed by atoms with E-state index in [4.69, 9.17) is 11.6 Å². The molecule has 1 aromatic heterocycles. The van der Waals surface area contributed by atoms with Crippen molar-refractivity contribution in [3.63, 3.8) is 0 Å². The van der Waals surface area contributed by atoms with Crippen molar-refractivity contribution in [2.75, 3.05) is 11.4 Å². The summed E-state index contributed by atoms with van der Waals surface area (Å²) in [5.74, 6) is -2.24. The summed E-state index contributed by atoms with van der Waals surface area (Å²) in [5, 5.41) is 17.0. The van der Waals surface area contributed by atoms with E-state index in [-0.39, 0.29) is 30.1 Å². The van der Waals surface area contributed by atoms with Crippen molar-refractivity contribution in [3.8, 4) is 0 Å². The number of benzene rings is 1. The summed E-state index contributed by atoms with van der Waals surface area (Å²) in [7, 11) is 0. The lowest BCUT2D eigenvalue weighted by Crippen LogP contribution is -2.52. The molecule has 2 heterocycles. The van der Waals surface area contributed by atoms with Crippen LogP contribution in [-0.2, 0) is 22.7 Å². The average molecular weight is 381 g/mol. The molecule has 0 aliphatic carbocycles. The molecular weight excluding hydrogens is 363 g/mol. The van der Waals surface area contributed by atoms with Crippen LogP contribution in [0.3, 0.4) is 0 Å². The number of hydrogen-bond donors (Lipinski definition) is 2. The van der Waals surface area contributed by atoms with Gasteiger partial charge in [-0.1, -0.05) is 23.7 Å². The van der Waals surface area contributed by atoms with Gasteiger partial charge in [-0.15, -0.1) is 0 Å². The second-order valence-electron chi connectivity index (χ2n) is 6.02. The van der Waals surface area contributed by atoms with Crippen LogP contribution >= 0.6 is 11.6 Å². The van der Waals surface area contributed by atoms with Gasteiger partial charge in [-0.05, 0) is 13.0 Å². The van der Waals surface area contributed by atoms with Gasteiger partial charge in [0.2, 0.25) is 5.60 Å². The number of nitrogens with zero attached hydrogens (tertiary/aromatic N) is 3. The molecule has 1 aliphatic rings. The van der Waals surface area contributed by atoms with E-state index in [1.165, 1.54) is 23.2 Å². The van der Waals surface area contributed by atoms with E-state index in [2.05, 4.69) is 10.4 Å². The molecule has 0 bridgehead atoms. The smallest absolute Gasteiger partial charge is 0.268 e. The van der Waals surface area contributed by atoms with E-state index >= 15 is 0 Å². The molecule has 0 saturated carbocycles. The van der Waals surface area contributed by atoms with E-state index in [1.54, 1.807) is 16.9 Å². The van der Waals surface area contributed by atoms with Crippen molar-refractivity contribution in [3.05, 3.63) is 47.0 Å². The Morgan fingerprint density at radius 2 is 2.27 bits per heavy atom. The second kappa shape index (κ2) is 7.05. The molecular formula is C17H18ClFN4O3. The molecule has 3 rings (SSSR count). The molecule has 1 aromatic carbocycles. The van der Waals surface area contributed by atoms with Crippen molar-refractivity contribution in [1.82, 2.24) is 15.1 Å². The van der Waals surface area contributed by atoms with Crippen LogP contribution in [0.5, 0.6) is 0 Å². The Labute approximate surface area is 154 Å². The van der Waals surface area contributed by atoms with Crippen molar-refractivity contribution in [2.45, 2.75) is 32.0 Å². The van der Waals surface area contributed by atoms with Crippen molar-refractivity contribution >= 4 is 29.1 Å². The van der Waals surface area contributed by atoms with E-state index in [1.807, 2.05) is 6.92 Å². The molecule has 1 fully saturated rings. The van der Waals surface area contributed by atoms with Crippen molar-refractivity contribution < 1.29 is 19.1 Å². The number of aliphatic hydroxyl groups is 1. The van der Waals surface area contributed by atoms with Crippen LogP contribution in [0.4, 0.5) is 10.1 Å². The molecule has 1 aliphatic heterocycles. The van der Waals surface area contributed by atoms with Gasteiger partial charge in [0.15, 0.2) is 0 Å². The lowest BCUT2D eigenvalue weighted by molar-refractivity contribution is -0.149. The van der Waals surface area contributed by atoms with E-state index < -0.39 is 23.2 Å². The summed E-state index contributed by atoms with van der Waals surface area (Å²) in [6, 6.07) is 4.41. The molecule has 1 saturated heterocycles. The molecule has 0 radical (unpaired) electrons. The van der Waals surface area contributed by atoms with Crippen molar-refractivity contribution in [1.29, 1.82) is 0 Å². The molecule has 138 valence electrons.